The van der Waals surface area contributed by atoms with Crippen LogP contribution in [-0.2, 0) is 17.6 Å². The minimum Gasteiger partial charge on any atom is -0.480 e. The summed E-state index contributed by atoms with van der Waals surface area (Å²) in [5, 5.41) is 10.2. The van der Waals surface area contributed by atoms with Gasteiger partial charge >= 0.3 is 5.97 Å². The fraction of sp³-hybridized carbons (Fsp3) is 0.350. The summed E-state index contributed by atoms with van der Waals surface area (Å²) >= 11 is 1.58. The van der Waals surface area contributed by atoms with E-state index in [-0.39, 0.29) is 5.56 Å². The lowest BCUT2D eigenvalue weighted by Gasteiger charge is -2.18. The maximum atomic E-state index is 13.3. The highest BCUT2D eigenvalue weighted by Gasteiger charge is 2.27. The lowest BCUT2D eigenvalue weighted by atomic mass is 9.89. The number of carbonyl (C=O) groups is 1. The van der Waals surface area contributed by atoms with Gasteiger partial charge in [0.2, 0.25) is 0 Å². The van der Waals surface area contributed by atoms with Gasteiger partial charge in [0.25, 0.3) is 5.56 Å². The molecule has 2 heterocycles. The Morgan fingerprint density at radius 2 is 2.08 bits per heavy atom. The number of thiophene rings is 1. The zero-order valence-corrected chi connectivity index (χ0v) is 15.5. The van der Waals surface area contributed by atoms with Gasteiger partial charge in [0, 0.05) is 10.4 Å². The van der Waals surface area contributed by atoms with Crippen LogP contribution < -0.4 is 5.56 Å². The van der Waals surface area contributed by atoms with E-state index in [0.29, 0.717) is 17.1 Å². The summed E-state index contributed by atoms with van der Waals surface area (Å²) in [6.45, 7) is 3.76. The molecule has 4 rings (SSSR count). The van der Waals surface area contributed by atoms with Gasteiger partial charge in [-0.05, 0) is 37.7 Å². The van der Waals surface area contributed by atoms with Crippen LogP contribution in [0.4, 0.5) is 0 Å². The molecule has 0 amide bonds. The second-order valence-corrected chi connectivity index (χ2v) is 8.11. The molecule has 0 aliphatic heterocycles. The van der Waals surface area contributed by atoms with Gasteiger partial charge < -0.3 is 5.11 Å². The maximum Gasteiger partial charge on any atom is 0.326 e. The van der Waals surface area contributed by atoms with Gasteiger partial charge in [0.05, 0.1) is 5.39 Å². The third kappa shape index (κ3) is 2.65. The number of fused-ring (bicyclic) bond motifs is 3. The number of hydrogen-bond acceptors (Lipinski definition) is 4. The molecule has 2 atom stereocenters. The first-order valence-electron chi connectivity index (χ1n) is 8.82. The number of hydrogen-bond donors (Lipinski definition) is 1. The first kappa shape index (κ1) is 17.0. The average molecular weight is 368 g/mol. The molecule has 2 unspecified atom stereocenters. The normalized spacial score (nSPS) is 17.8. The van der Waals surface area contributed by atoms with Crippen LogP contribution >= 0.6 is 11.3 Å². The first-order valence-corrected chi connectivity index (χ1v) is 9.64. The van der Waals surface area contributed by atoms with Crippen LogP contribution in [0.15, 0.2) is 35.1 Å². The van der Waals surface area contributed by atoms with Gasteiger partial charge in [-0.2, -0.15) is 0 Å². The highest BCUT2D eigenvalue weighted by Crippen LogP contribution is 2.37. The second-order valence-electron chi connectivity index (χ2n) is 7.02. The molecule has 1 aliphatic rings. The van der Waals surface area contributed by atoms with E-state index in [2.05, 4.69) is 6.92 Å². The van der Waals surface area contributed by atoms with Gasteiger partial charge in [0.1, 0.15) is 16.7 Å². The smallest absolute Gasteiger partial charge is 0.326 e. The topological polar surface area (TPSA) is 72.2 Å². The Balaban J connectivity index is 2.06. The number of aryl methyl sites for hydroxylation is 1. The van der Waals surface area contributed by atoms with Crippen molar-refractivity contribution in [2.75, 3.05) is 0 Å². The molecule has 0 bridgehead atoms. The second kappa shape index (κ2) is 6.36. The average Bonchev–Trinajstić information content (AvgIpc) is 2.99. The van der Waals surface area contributed by atoms with Crippen molar-refractivity contribution in [2.24, 2.45) is 5.92 Å². The molecule has 1 aliphatic carbocycles. The standard InChI is InChI=1S/C20H20N2O3S/c1-11-8-9-14-15(10-11)26-18-16(14)19(23)22(12(2)20(24)25)17(21-18)13-6-4-3-5-7-13/h3-7,11-12H,8-10H2,1-2H3,(H,24,25). The van der Waals surface area contributed by atoms with Crippen molar-refractivity contribution in [1.29, 1.82) is 0 Å². The molecule has 1 N–H and O–H groups in total. The van der Waals surface area contributed by atoms with E-state index < -0.39 is 12.0 Å². The van der Waals surface area contributed by atoms with Gasteiger partial charge in [-0.3, -0.25) is 9.36 Å². The monoisotopic (exact) mass is 368 g/mol. The van der Waals surface area contributed by atoms with Crippen molar-refractivity contribution < 1.29 is 9.90 Å². The van der Waals surface area contributed by atoms with Crippen molar-refractivity contribution in [3.05, 3.63) is 51.1 Å². The summed E-state index contributed by atoms with van der Waals surface area (Å²) in [5.74, 6) is -0.0166. The third-order valence-electron chi connectivity index (χ3n) is 5.14. The molecule has 26 heavy (non-hydrogen) atoms. The molecular weight excluding hydrogens is 348 g/mol. The predicted molar refractivity (Wildman–Crippen MR) is 103 cm³/mol. The molecule has 1 aromatic carbocycles. The molecule has 0 spiro atoms. The fourth-order valence-electron chi connectivity index (χ4n) is 3.66. The van der Waals surface area contributed by atoms with Crippen LogP contribution in [0, 0.1) is 5.92 Å². The zero-order valence-electron chi connectivity index (χ0n) is 14.7. The molecule has 0 saturated heterocycles. The molecule has 0 radical (unpaired) electrons. The Morgan fingerprint density at radius 1 is 1.35 bits per heavy atom. The van der Waals surface area contributed by atoms with E-state index in [1.807, 2.05) is 30.3 Å². The summed E-state index contributed by atoms with van der Waals surface area (Å²) in [4.78, 5) is 31.7. The van der Waals surface area contributed by atoms with E-state index >= 15 is 0 Å². The predicted octanol–water partition coefficient (Wildman–Crippen LogP) is 3.90. The van der Waals surface area contributed by atoms with Crippen LogP contribution in [0.2, 0.25) is 0 Å². The molecule has 6 heteroatoms. The van der Waals surface area contributed by atoms with Crippen molar-refractivity contribution >= 4 is 27.5 Å². The molecule has 3 aromatic rings. The summed E-state index contributed by atoms with van der Waals surface area (Å²) in [5.41, 5.74) is 1.58. The van der Waals surface area contributed by atoms with Crippen LogP contribution in [0.5, 0.6) is 0 Å². The highest BCUT2D eigenvalue weighted by atomic mass is 32.1. The van der Waals surface area contributed by atoms with E-state index in [1.165, 1.54) is 16.4 Å². The third-order valence-corrected chi connectivity index (χ3v) is 6.29. The Bertz CT molecular complexity index is 1050. The number of aliphatic carboxylic acids is 1. The fourth-order valence-corrected chi connectivity index (χ4v) is 5.04. The largest absolute Gasteiger partial charge is 0.480 e. The number of benzene rings is 1. The summed E-state index contributed by atoms with van der Waals surface area (Å²) in [7, 11) is 0. The number of carboxylic acid groups (broad SMARTS) is 1. The minimum absolute atomic E-state index is 0.240. The highest BCUT2D eigenvalue weighted by molar-refractivity contribution is 7.18. The molecule has 0 fully saturated rings. The number of carboxylic acids is 1. The van der Waals surface area contributed by atoms with Crippen LogP contribution in [-0.4, -0.2) is 20.6 Å². The molecule has 0 saturated carbocycles. The van der Waals surface area contributed by atoms with E-state index in [9.17, 15) is 14.7 Å². The van der Waals surface area contributed by atoms with Crippen LogP contribution in [0.25, 0.3) is 21.6 Å². The van der Waals surface area contributed by atoms with Crippen molar-refractivity contribution in [1.82, 2.24) is 9.55 Å². The Morgan fingerprint density at radius 3 is 2.77 bits per heavy atom. The SMILES string of the molecule is CC1CCc2c(sc3nc(-c4ccccc4)n(C(C)C(=O)O)c(=O)c23)C1. The molecular formula is C20H20N2O3S. The van der Waals surface area contributed by atoms with Crippen LogP contribution in [0.3, 0.4) is 0 Å². The summed E-state index contributed by atoms with van der Waals surface area (Å²) in [6, 6.07) is 8.34. The Kier molecular flexibility index (Phi) is 4.15. The molecule has 134 valence electrons. The molecule has 5 nitrogen and oxygen atoms in total. The van der Waals surface area contributed by atoms with Gasteiger partial charge in [-0.15, -0.1) is 11.3 Å². The van der Waals surface area contributed by atoms with E-state index in [1.54, 1.807) is 11.3 Å². The lowest BCUT2D eigenvalue weighted by molar-refractivity contribution is -0.140. The Labute approximate surface area is 154 Å². The van der Waals surface area contributed by atoms with E-state index in [4.69, 9.17) is 4.98 Å². The minimum atomic E-state index is -1.04. The van der Waals surface area contributed by atoms with E-state index in [0.717, 1.165) is 35.2 Å². The first-order chi connectivity index (χ1) is 12.5. The number of aromatic nitrogens is 2. The molecule has 2 aromatic heterocycles. The zero-order chi connectivity index (χ0) is 18.4. The quantitative estimate of drug-likeness (QED) is 0.761. The lowest BCUT2D eigenvalue weighted by Crippen LogP contribution is -2.30. The van der Waals surface area contributed by atoms with Gasteiger partial charge in [0.15, 0.2) is 0 Å². The van der Waals surface area contributed by atoms with Gasteiger partial charge in [-0.25, -0.2) is 9.78 Å². The summed E-state index contributed by atoms with van der Waals surface area (Å²) in [6.07, 6.45) is 2.87. The number of nitrogens with zero attached hydrogens (tertiary/aromatic N) is 2. The number of rotatable bonds is 3. The van der Waals surface area contributed by atoms with Crippen molar-refractivity contribution in [2.45, 2.75) is 39.2 Å². The van der Waals surface area contributed by atoms with Crippen molar-refractivity contribution in [3.8, 4) is 11.4 Å². The Hall–Kier alpha value is -2.47. The van der Waals surface area contributed by atoms with Gasteiger partial charge in [-0.1, -0.05) is 37.3 Å². The summed E-state index contributed by atoms with van der Waals surface area (Å²) < 4.78 is 1.34. The van der Waals surface area contributed by atoms with Crippen molar-refractivity contribution in [3.63, 3.8) is 0 Å². The van der Waals surface area contributed by atoms with Crippen LogP contribution in [0.1, 0.15) is 36.8 Å². The maximum absolute atomic E-state index is 13.3.